The van der Waals surface area contributed by atoms with Gasteiger partial charge in [0.05, 0.1) is 5.56 Å². The van der Waals surface area contributed by atoms with Gasteiger partial charge in [0.25, 0.3) is 5.91 Å². The second-order valence-electron chi connectivity index (χ2n) is 8.93. The van der Waals surface area contributed by atoms with Crippen LogP contribution in [0.15, 0.2) is 6.07 Å². The van der Waals surface area contributed by atoms with Gasteiger partial charge in [-0.25, -0.2) is 9.78 Å². The average molecular weight is 400 g/mol. The van der Waals surface area contributed by atoms with Crippen molar-refractivity contribution >= 4 is 17.8 Å². The molecule has 4 rings (SSSR count). The number of hydrogen-bond donors (Lipinski definition) is 2. The molecule has 2 N–H and O–H groups in total. The molecule has 0 saturated heterocycles. The standard InChI is InChI=1S/C22H33N5O2/c1-26(2)20-18(21(28)23-14-15-7-8-15)13-16-9-11-27(12-10-19(16)25-20)22(29)24-17-5-3-4-6-17/h13,15,17H,3-12,14H2,1-2H3,(H,23,28)(H,24,29). The first-order valence-electron chi connectivity index (χ1n) is 11.0. The fraction of sp³-hybridized carbons (Fsp3) is 0.682. The minimum atomic E-state index is -0.0454. The zero-order valence-electron chi connectivity index (χ0n) is 17.7. The summed E-state index contributed by atoms with van der Waals surface area (Å²) in [6.45, 7) is 2.08. The molecule has 1 aromatic heterocycles. The van der Waals surface area contributed by atoms with E-state index in [0.717, 1.165) is 43.5 Å². The number of hydrogen-bond acceptors (Lipinski definition) is 4. The highest BCUT2D eigenvalue weighted by molar-refractivity contribution is 5.99. The zero-order chi connectivity index (χ0) is 20.4. The summed E-state index contributed by atoms with van der Waals surface area (Å²) in [7, 11) is 3.84. The van der Waals surface area contributed by atoms with Gasteiger partial charge < -0.3 is 20.4 Å². The zero-order valence-corrected chi connectivity index (χ0v) is 17.7. The summed E-state index contributed by atoms with van der Waals surface area (Å²) in [5.41, 5.74) is 2.73. The molecule has 0 unspecified atom stereocenters. The molecule has 29 heavy (non-hydrogen) atoms. The van der Waals surface area contributed by atoms with Crippen molar-refractivity contribution in [3.63, 3.8) is 0 Å². The van der Waals surface area contributed by atoms with Crippen molar-refractivity contribution in [2.45, 2.75) is 57.4 Å². The minimum absolute atomic E-state index is 0.0416. The smallest absolute Gasteiger partial charge is 0.317 e. The molecular formula is C22H33N5O2. The maximum Gasteiger partial charge on any atom is 0.317 e. The van der Waals surface area contributed by atoms with E-state index in [9.17, 15) is 9.59 Å². The van der Waals surface area contributed by atoms with Crippen molar-refractivity contribution in [2.75, 3.05) is 38.6 Å². The minimum Gasteiger partial charge on any atom is -0.362 e. The highest BCUT2D eigenvalue weighted by Gasteiger charge is 2.27. The Balaban J connectivity index is 1.47. The molecule has 0 atom stereocenters. The number of fused-ring (bicyclic) bond motifs is 1. The van der Waals surface area contributed by atoms with E-state index >= 15 is 0 Å². The lowest BCUT2D eigenvalue weighted by atomic mass is 10.0. The van der Waals surface area contributed by atoms with Gasteiger partial charge in [0.1, 0.15) is 5.82 Å². The molecule has 1 aliphatic heterocycles. The van der Waals surface area contributed by atoms with Crippen LogP contribution in [0, 0.1) is 5.92 Å². The number of pyridine rings is 1. The second-order valence-corrected chi connectivity index (χ2v) is 8.93. The van der Waals surface area contributed by atoms with Crippen LogP contribution in [0.1, 0.15) is 60.1 Å². The third kappa shape index (κ3) is 4.82. The fourth-order valence-electron chi connectivity index (χ4n) is 4.32. The Morgan fingerprint density at radius 1 is 1.14 bits per heavy atom. The topological polar surface area (TPSA) is 77.6 Å². The Labute approximate surface area is 173 Å². The van der Waals surface area contributed by atoms with Gasteiger partial charge in [0.15, 0.2) is 0 Å². The van der Waals surface area contributed by atoms with Crippen LogP contribution in [-0.2, 0) is 12.8 Å². The molecule has 0 bridgehead atoms. The first-order chi connectivity index (χ1) is 14.0. The summed E-state index contributed by atoms with van der Waals surface area (Å²) in [5.74, 6) is 1.30. The van der Waals surface area contributed by atoms with E-state index < -0.39 is 0 Å². The van der Waals surface area contributed by atoms with Crippen LogP contribution in [0.4, 0.5) is 10.6 Å². The van der Waals surface area contributed by atoms with E-state index in [1.807, 2.05) is 30.0 Å². The van der Waals surface area contributed by atoms with E-state index in [1.165, 1.54) is 25.7 Å². The fourth-order valence-corrected chi connectivity index (χ4v) is 4.32. The molecule has 2 aliphatic carbocycles. The van der Waals surface area contributed by atoms with E-state index in [2.05, 4.69) is 10.6 Å². The highest BCUT2D eigenvalue weighted by Crippen LogP contribution is 2.28. The lowest BCUT2D eigenvalue weighted by molar-refractivity contribution is 0.0952. The summed E-state index contributed by atoms with van der Waals surface area (Å²) in [6, 6.07) is 2.37. The predicted octanol–water partition coefficient (Wildman–Crippen LogP) is 2.34. The molecule has 2 saturated carbocycles. The normalized spacial score (nSPS) is 19.4. The molecule has 3 aliphatic rings. The Morgan fingerprint density at radius 3 is 2.55 bits per heavy atom. The van der Waals surface area contributed by atoms with Gasteiger partial charge in [-0.2, -0.15) is 0 Å². The molecule has 1 aromatic rings. The number of amides is 3. The number of carbonyl (C=O) groups is 2. The maximum atomic E-state index is 12.8. The van der Waals surface area contributed by atoms with Gasteiger partial charge >= 0.3 is 6.03 Å². The van der Waals surface area contributed by atoms with Crippen LogP contribution in [0.25, 0.3) is 0 Å². The number of carbonyl (C=O) groups excluding carboxylic acids is 2. The maximum absolute atomic E-state index is 12.8. The van der Waals surface area contributed by atoms with Crippen LogP contribution in [0.3, 0.4) is 0 Å². The van der Waals surface area contributed by atoms with E-state index in [1.54, 1.807) is 0 Å². The third-order valence-corrected chi connectivity index (χ3v) is 6.33. The molecular weight excluding hydrogens is 366 g/mol. The van der Waals surface area contributed by atoms with Crippen molar-refractivity contribution in [2.24, 2.45) is 5.92 Å². The van der Waals surface area contributed by atoms with Gasteiger partial charge in [-0.1, -0.05) is 12.8 Å². The van der Waals surface area contributed by atoms with Crippen molar-refractivity contribution in [3.8, 4) is 0 Å². The van der Waals surface area contributed by atoms with E-state index in [4.69, 9.17) is 4.98 Å². The monoisotopic (exact) mass is 399 g/mol. The molecule has 0 aromatic carbocycles. The van der Waals surface area contributed by atoms with Gasteiger partial charge in [-0.15, -0.1) is 0 Å². The summed E-state index contributed by atoms with van der Waals surface area (Å²) in [5, 5.41) is 6.26. The van der Waals surface area contributed by atoms with Crippen molar-refractivity contribution in [1.29, 1.82) is 0 Å². The van der Waals surface area contributed by atoms with E-state index in [-0.39, 0.29) is 11.9 Å². The molecule has 7 nitrogen and oxygen atoms in total. The Morgan fingerprint density at radius 2 is 1.86 bits per heavy atom. The molecule has 7 heteroatoms. The Bertz CT molecular complexity index is 769. The third-order valence-electron chi connectivity index (χ3n) is 6.33. The van der Waals surface area contributed by atoms with Crippen molar-refractivity contribution in [3.05, 3.63) is 22.9 Å². The SMILES string of the molecule is CN(C)c1nc2c(cc1C(=O)NCC1CC1)CCN(C(=O)NC1CCCC1)CC2. The van der Waals surface area contributed by atoms with Crippen LogP contribution >= 0.6 is 0 Å². The van der Waals surface area contributed by atoms with Gasteiger partial charge in [-0.3, -0.25) is 4.79 Å². The Hall–Kier alpha value is -2.31. The number of rotatable bonds is 5. The summed E-state index contributed by atoms with van der Waals surface area (Å²) >= 11 is 0. The number of nitrogens with one attached hydrogen (secondary N) is 2. The number of nitrogens with zero attached hydrogens (tertiary/aromatic N) is 3. The quantitative estimate of drug-likeness (QED) is 0.797. The number of anilines is 1. The summed E-state index contributed by atoms with van der Waals surface area (Å²) in [6.07, 6.45) is 8.47. The molecule has 3 amide bonds. The molecule has 0 radical (unpaired) electrons. The van der Waals surface area contributed by atoms with E-state index in [0.29, 0.717) is 36.4 Å². The summed E-state index contributed by atoms with van der Waals surface area (Å²) < 4.78 is 0. The van der Waals surface area contributed by atoms with Crippen LogP contribution in [-0.4, -0.2) is 61.6 Å². The highest BCUT2D eigenvalue weighted by atomic mass is 16.2. The van der Waals surface area contributed by atoms with Crippen LogP contribution in [0.5, 0.6) is 0 Å². The number of urea groups is 1. The average Bonchev–Trinajstić information content (AvgIpc) is 3.44. The molecule has 2 fully saturated rings. The van der Waals surface area contributed by atoms with Crippen molar-refractivity contribution in [1.82, 2.24) is 20.5 Å². The molecule has 0 spiro atoms. The van der Waals surface area contributed by atoms with Gasteiger partial charge in [0.2, 0.25) is 0 Å². The predicted molar refractivity (Wildman–Crippen MR) is 113 cm³/mol. The first kappa shape index (κ1) is 20.0. The number of aromatic nitrogens is 1. The molecule has 2 heterocycles. The van der Waals surface area contributed by atoms with Crippen LogP contribution in [0.2, 0.25) is 0 Å². The Kier molecular flexibility index (Phi) is 5.92. The summed E-state index contributed by atoms with van der Waals surface area (Å²) in [4.78, 5) is 34.1. The van der Waals surface area contributed by atoms with Crippen molar-refractivity contribution < 1.29 is 9.59 Å². The molecule has 158 valence electrons. The van der Waals surface area contributed by atoms with Crippen LogP contribution < -0.4 is 15.5 Å². The lowest BCUT2D eigenvalue weighted by Crippen LogP contribution is -2.45. The second kappa shape index (κ2) is 8.59. The van der Waals surface area contributed by atoms with Gasteiger partial charge in [-0.05, 0) is 49.7 Å². The lowest BCUT2D eigenvalue weighted by Gasteiger charge is -2.23. The largest absolute Gasteiger partial charge is 0.362 e. The first-order valence-corrected chi connectivity index (χ1v) is 11.0. The van der Waals surface area contributed by atoms with Gasteiger partial charge in [0, 0.05) is 51.9 Å².